The van der Waals surface area contributed by atoms with Crippen LogP contribution in [0.4, 0.5) is 11.5 Å². The monoisotopic (exact) mass is 256 g/mol. The van der Waals surface area contributed by atoms with Crippen LogP contribution in [-0.2, 0) is 6.54 Å². The van der Waals surface area contributed by atoms with Crippen LogP contribution < -0.4 is 10.6 Å². The van der Waals surface area contributed by atoms with Crippen molar-refractivity contribution in [2.24, 2.45) is 0 Å². The smallest absolute Gasteiger partial charge is 0.150 e. The van der Waals surface area contributed by atoms with Gasteiger partial charge in [0.25, 0.3) is 0 Å². The first-order valence-electron chi connectivity index (χ1n) is 6.50. The maximum atomic E-state index is 6.01. The van der Waals surface area contributed by atoms with Gasteiger partial charge in [0, 0.05) is 25.0 Å². The van der Waals surface area contributed by atoms with E-state index in [1.54, 1.807) is 6.20 Å². The second-order valence-corrected chi connectivity index (χ2v) is 4.63. The molecule has 0 saturated heterocycles. The Morgan fingerprint density at radius 1 is 1.21 bits per heavy atom. The lowest BCUT2D eigenvalue weighted by molar-refractivity contribution is 0.798. The zero-order chi connectivity index (χ0) is 13.8. The van der Waals surface area contributed by atoms with Gasteiger partial charge in [0.15, 0.2) is 5.82 Å². The Hall–Kier alpha value is -2.10. The molecule has 19 heavy (non-hydrogen) atoms. The standard InChI is InChI=1S/C15H20N4/c1-4-19(10-13-7-5-6-8-14(13)16)15-12(3)17-9-11(2)18-15/h5-9H,4,10,16H2,1-3H3. The molecule has 1 heterocycles. The molecule has 0 fully saturated rings. The van der Waals surface area contributed by atoms with Crippen molar-refractivity contribution >= 4 is 11.5 Å². The van der Waals surface area contributed by atoms with Gasteiger partial charge in [-0.1, -0.05) is 18.2 Å². The Labute approximate surface area is 114 Å². The summed E-state index contributed by atoms with van der Waals surface area (Å²) in [5, 5.41) is 0. The number of hydrogen-bond acceptors (Lipinski definition) is 4. The van der Waals surface area contributed by atoms with Crippen LogP contribution in [0, 0.1) is 13.8 Å². The number of nitrogens with two attached hydrogens (primary N) is 1. The Balaban J connectivity index is 2.30. The van der Waals surface area contributed by atoms with E-state index in [1.807, 2.05) is 32.0 Å². The van der Waals surface area contributed by atoms with Gasteiger partial charge in [0.1, 0.15) is 0 Å². The van der Waals surface area contributed by atoms with Crippen molar-refractivity contribution < 1.29 is 0 Å². The van der Waals surface area contributed by atoms with Crippen LogP contribution in [0.5, 0.6) is 0 Å². The van der Waals surface area contributed by atoms with Crippen molar-refractivity contribution in [2.45, 2.75) is 27.3 Å². The van der Waals surface area contributed by atoms with Gasteiger partial charge in [-0.15, -0.1) is 0 Å². The van der Waals surface area contributed by atoms with E-state index in [4.69, 9.17) is 5.73 Å². The first kappa shape index (κ1) is 13.3. The molecule has 0 aliphatic rings. The molecular weight excluding hydrogens is 236 g/mol. The molecule has 0 aliphatic heterocycles. The molecule has 1 aromatic heterocycles. The van der Waals surface area contributed by atoms with Crippen molar-refractivity contribution in [3.8, 4) is 0 Å². The molecule has 4 heteroatoms. The molecule has 0 aliphatic carbocycles. The summed E-state index contributed by atoms with van der Waals surface area (Å²) in [6.45, 7) is 7.68. The zero-order valence-corrected chi connectivity index (χ0v) is 11.7. The minimum absolute atomic E-state index is 0.752. The first-order chi connectivity index (χ1) is 9.11. The summed E-state index contributed by atoms with van der Waals surface area (Å²) in [6, 6.07) is 7.94. The highest BCUT2D eigenvalue weighted by Crippen LogP contribution is 2.20. The lowest BCUT2D eigenvalue weighted by Crippen LogP contribution is -2.25. The minimum atomic E-state index is 0.752. The van der Waals surface area contributed by atoms with Crippen LogP contribution in [0.2, 0.25) is 0 Å². The van der Waals surface area contributed by atoms with E-state index in [2.05, 4.69) is 27.9 Å². The molecule has 0 bridgehead atoms. The molecular formula is C15H20N4. The van der Waals surface area contributed by atoms with Crippen LogP contribution in [0.1, 0.15) is 23.9 Å². The minimum Gasteiger partial charge on any atom is -0.398 e. The fraction of sp³-hybridized carbons (Fsp3) is 0.333. The predicted octanol–water partition coefficient (Wildman–Crippen LogP) is 2.70. The number of para-hydroxylation sites is 1. The Bertz CT molecular complexity index is 566. The topological polar surface area (TPSA) is 55.0 Å². The van der Waals surface area contributed by atoms with Crippen LogP contribution in [-0.4, -0.2) is 16.5 Å². The summed E-state index contributed by atoms with van der Waals surface area (Å²) in [6.07, 6.45) is 1.80. The third kappa shape index (κ3) is 3.02. The number of aryl methyl sites for hydroxylation is 2. The third-order valence-electron chi connectivity index (χ3n) is 3.15. The second-order valence-electron chi connectivity index (χ2n) is 4.63. The molecule has 2 rings (SSSR count). The van der Waals surface area contributed by atoms with Crippen molar-refractivity contribution in [2.75, 3.05) is 17.2 Å². The summed E-state index contributed by atoms with van der Waals surface area (Å²) in [5.41, 5.74) is 9.82. The molecule has 0 atom stereocenters. The van der Waals surface area contributed by atoms with Gasteiger partial charge >= 0.3 is 0 Å². The molecule has 1 aromatic carbocycles. The van der Waals surface area contributed by atoms with Crippen molar-refractivity contribution in [3.05, 3.63) is 47.4 Å². The largest absolute Gasteiger partial charge is 0.398 e. The number of benzene rings is 1. The summed E-state index contributed by atoms with van der Waals surface area (Å²) in [4.78, 5) is 11.2. The van der Waals surface area contributed by atoms with Crippen molar-refractivity contribution in [1.82, 2.24) is 9.97 Å². The lowest BCUT2D eigenvalue weighted by atomic mass is 10.1. The van der Waals surface area contributed by atoms with E-state index in [-0.39, 0.29) is 0 Å². The van der Waals surface area contributed by atoms with E-state index >= 15 is 0 Å². The summed E-state index contributed by atoms with van der Waals surface area (Å²) in [7, 11) is 0. The molecule has 4 nitrogen and oxygen atoms in total. The highest BCUT2D eigenvalue weighted by Gasteiger charge is 2.12. The van der Waals surface area contributed by atoms with Crippen LogP contribution in [0.3, 0.4) is 0 Å². The molecule has 0 saturated carbocycles. The van der Waals surface area contributed by atoms with Gasteiger partial charge in [-0.2, -0.15) is 0 Å². The van der Waals surface area contributed by atoms with Crippen molar-refractivity contribution in [1.29, 1.82) is 0 Å². The normalized spacial score (nSPS) is 10.5. The molecule has 0 amide bonds. The van der Waals surface area contributed by atoms with E-state index < -0.39 is 0 Å². The molecule has 2 N–H and O–H groups in total. The Morgan fingerprint density at radius 2 is 1.95 bits per heavy atom. The van der Waals surface area contributed by atoms with Gasteiger partial charge in [-0.3, -0.25) is 4.98 Å². The number of aromatic nitrogens is 2. The zero-order valence-electron chi connectivity index (χ0n) is 11.7. The number of anilines is 2. The van der Waals surface area contributed by atoms with Crippen LogP contribution in [0.15, 0.2) is 30.5 Å². The highest BCUT2D eigenvalue weighted by molar-refractivity contribution is 5.50. The first-order valence-corrected chi connectivity index (χ1v) is 6.50. The van der Waals surface area contributed by atoms with Crippen LogP contribution >= 0.6 is 0 Å². The molecule has 0 radical (unpaired) electrons. The molecule has 2 aromatic rings. The fourth-order valence-corrected chi connectivity index (χ4v) is 2.04. The van der Waals surface area contributed by atoms with E-state index in [1.165, 1.54) is 0 Å². The fourth-order valence-electron chi connectivity index (χ4n) is 2.04. The summed E-state index contributed by atoms with van der Waals surface area (Å²) in [5.74, 6) is 0.936. The predicted molar refractivity (Wildman–Crippen MR) is 79.1 cm³/mol. The summed E-state index contributed by atoms with van der Waals surface area (Å²) >= 11 is 0. The number of rotatable bonds is 4. The van der Waals surface area contributed by atoms with E-state index in [9.17, 15) is 0 Å². The maximum absolute atomic E-state index is 6.01. The number of hydrogen-bond donors (Lipinski definition) is 1. The maximum Gasteiger partial charge on any atom is 0.150 e. The quantitative estimate of drug-likeness (QED) is 0.855. The lowest BCUT2D eigenvalue weighted by Gasteiger charge is -2.24. The van der Waals surface area contributed by atoms with Gasteiger partial charge in [0.2, 0.25) is 0 Å². The highest BCUT2D eigenvalue weighted by atomic mass is 15.2. The van der Waals surface area contributed by atoms with Gasteiger partial charge in [-0.05, 0) is 32.4 Å². The third-order valence-corrected chi connectivity index (χ3v) is 3.15. The summed E-state index contributed by atoms with van der Waals surface area (Å²) < 4.78 is 0. The number of nitrogen functional groups attached to an aromatic ring is 1. The van der Waals surface area contributed by atoms with Crippen molar-refractivity contribution in [3.63, 3.8) is 0 Å². The SMILES string of the molecule is CCN(Cc1ccccc1N)c1nc(C)cnc1C. The molecule has 0 spiro atoms. The average molecular weight is 256 g/mol. The molecule has 100 valence electrons. The van der Waals surface area contributed by atoms with E-state index in [0.717, 1.165) is 41.5 Å². The van der Waals surface area contributed by atoms with Gasteiger partial charge in [-0.25, -0.2) is 4.98 Å². The average Bonchev–Trinajstić information content (AvgIpc) is 2.41. The second kappa shape index (κ2) is 5.69. The van der Waals surface area contributed by atoms with Gasteiger partial charge in [0.05, 0.1) is 11.4 Å². The molecule has 0 unspecified atom stereocenters. The number of nitrogens with zero attached hydrogens (tertiary/aromatic N) is 3. The van der Waals surface area contributed by atoms with Crippen LogP contribution in [0.25, 0.3) is 0 Å². The Kier molecular flexibility index (Phi) is 4.00. The van der Waals surface area contributed by atoms with E-state index in [0.29, 0.717) is 0 Å². The Morgan fingerprint density at radius 3 is 2.63 bits per heavy atom. The van der Waals surface area contributed by atoms with Gasteiger partial charge < -0.3 is 10.6 Å².